The van der Waals surface area contributed by atoms with Crippen molar-refractivity contribution in [1.29, 1.82) is 0 Å². The van der Waals surface area contributed by atoms with Crippen molar-refractivity contribution >= 4 is 15.8 Å². The minimum Gasteiger partial charge on any atom is -0.392 e. The van der Waals surface area contributed by atoms with Crippen LogP contribution in [0.4, 0.5) is 5.95 Å². The Morgan fingerprint density at radius 2 is 1.94 bits per heavy atom. The molecule has 94 valence electrons. The van der Waals surface area contributed by atoms with Crippen molar-refractivity contribution < 1.29 is 13.5 Å². The van der Waals surface area contributed by atoms with Crippen molar-refractivity contribution in [3.05, 3.63) is 18.0 Å². The Morgan fingerprint density at radius 1 is 1.24 bits per heavy atom. The fourth-order valence-corrected chi connectivity index (χ4v) is 3.00. The van der Waals surface area contributed by atoms with E-state index >= 15 is 0 Å². The Labute approximate surface area is 100 Å². The molecule has 0 radical (unpaired) electrons. The molecule has 0 atom stereocenters. The molecule has 0 saturated carbocycles. The highest BCUT2D eigenvalue weighted by Gasteiger charge is 2.20. The monoisotopic (exact) mass is 257 g/mol. The second kappa shape index (κ2) is 4.97. The maximum Gasteiger partial charge on any atom is 0.225 e. The van der Waals surface area contributed by atoms with Crippen LogP contribution in [0.1, 0.15) is 12.0 Å². The SMILES string of the molecule is O=S1(=O)CCCN(c2ncc(CO)cn2)CC1. The van der Waals surface area contributed by atoms with E-state index in [1.54, 1.807) is 12.4 Å². The number of aliphatic hydroxyl groups is 1. The molecule has 1 aliphatic rings. The molecule has 1 aromatic rings. The molecule has 2 rings (SSSR count). The minimum atomic E-state index is -2.91. The van der Waals surface area contributed by atoms with Crippen molar-refractivity contribution in [3.63, 3.8) is 0 Å². The molecule has 6 nitrogen and oxygen atoms in total. The van der Waals surface area contributed by atoms with Crippen molar-refractivity contribution in [2.75, 3.05) is 29.5 Å². The second-order valence-electron chi connectivity index (χ2n) is 4.04. The predicted octanol–water partition coefficient (Wildman–Crippen LogP) is -0.406. The predicted molar refractivity (Wildman–Crippen MR) is 63.4 cm³/mol. The molecule has 1 aliphatic heterocycles. The fourth-order valence-electron chi connectivity index (χ4n) is 1.73. The first-order chi connectivity index (χ1) is 8.11. The van der Waals surface area contributed by atoms with E-state index in [2.05, 4.69) is 9.97 Å². The molecule has 2 heterocycles. The fraction of sp³-hybridized carbons (Fsp3) is 0.600. The van der Waals surface area contributed by atoms with Gasteiger partial charge in [0, 0.05) is 31.0 Å². The molecule has 1 fully saturated rings. The third-order valence-corrected chi connectivity index (χ3v) is 4.43. The summed E-state index contributed by atoms with van der Waals surface area (Å²) >= 11 is 0. The molecule has 0 spiro atoms. The number of aliphatic hydroxyl groups excluding tert-OH is 1. The highest BCUT2D eigenvalue weighted by atomic mass is 32.2. The van der Waals surface area contributed by atoms with Crippen LogP contribution >= 0.6 is 0 Å². The van der Waals surface area contributed by atoms with Crippen LogP contribution in [0.5, 0.6) is 0 Å². The van der Waals surface area contributed by atoms with Crippen molar-refractivity contribution in [2.45, 2.75) is 13.0 Å². The number of aromatic nitrogens is 2. The Hall–Kier alpha value is -1.21. The zero-order valence-electron chi connectivity index (χ0n) is 9.41. The molecule has 1 aromatic heterocycles. The van der Waals surface area contributed by atoms with Gasteiger partial charge < -0.3 is 10.0 Å². The highest BCUT2D eigenvalue weighted by molar-refractivity contribution is 7.91. The maximum atomic E-state index is 11.4. The van der Waals surface area contributed by atoms with Gasteiger partial charge in [-0.25, -0.2) is 18.4 Å². The van der Waals surface area contributed by atoms with Crippen LogP contribution < -0.4 is 4.90 Å². The Balaban J connectivity index is 2.11. The summed E-state index contributed by atoms with van der Waals surface area (Å²) in [5.74, 6) is 0.912. The van der Waals surface area contributed by atoms with E-state index < -0.39 is 9.84 Å². The summed E-state index contributed by atoms with van der Waals surface area (Å²) in [6, 6.07) is 0. The van der Waals surface area contributed by atoms with Crippen molar-refractivity contribution in [3.8, 4) is 0 Å². The minimum absolute atomic E-state index is 0.0886. The lowest BCUT2D eigenvalue weighted by Crippen LogP contribution is -2.28. The Bertz CT molecular complexity index is 472. The van der Waals surface area contributed by atoms with E-state index in [1.165, 1.54) is 0 Å². The second-order valence-corrected chi connectivity index (χ2v) is 6.35. The van der Waals surface area contributed by atoms with Crippen LogP contribution in [-0.2, 0) is 16.4 Å². The van der Waals surface area contributed by atoms with E-state index in [-0.39, 0.29) is 18.1 Å². The van der Waals surface area contributed by atoms with Crippen LogP contribution in [0.15, 0.2) is 12.4 Å². The van der Waals surface area contributed by atoms with E-state index in [0.29, 0.717) is 31.0 Å². The summed E-state index contributed by atoms with van der Waals surface area (Å²) in [6.45, 7) is 0.993. The third kappa shape index (κ3) is 3.13. The van der Waals surface area contributed by atoms with E-state index in [4.69, 9.17) is 5.11 Å². The highest BCUT2D eigenvalue weighted by Crippen LogP contribution is 2.12. The Morgan fingerprint density at radius 3 is 2.59 bits per heavy atom. The lowest BCUT2D eigenvalue weighted by Gasteiger charge is -2.19. The van der Waals surface area contributed by atoms with E-state index in [1.807, 2.05) is 4.90 Å². The molecule has 1 N–H and O–H groups in total. The smallest absolute Gasteiger partial charge is 0.225 e. The number of nitrogens with zero attached hydrogens (tertiary/aromatic N) is 3. The van der Waals surface area contributed by atoms with Gasteiger partial charge in [-0.3, -0.25) is 0 Å². The zero-order chi connectivity index (χ0) is 12.3. The summed E-state index contributed by atoms with van der Waals surface area (Å²) in [4.78, 5) is 10.1. The Kier molecular flexibility index (Phi) is 3.58. The number of hydrogen-bond acceptors (Lipinski definition) is 6. The normalized spacial score (nSPS) is 19.9. The quantitative estimate of drug-likeness (QED) is 0.775. The molecule has 7 heteroatoms. The lowest BCUT2D eigenvalue weighted by molar-refractivity contribution is 0.281. The molecular formula is C10H15N3O3S. The topological polar surface area (TPSA) is 83.4 Å². The molecular weight excluding hydrogens is 242 g/mol. The van der Waals surface area contributed by atoms with E-state index in [9.17, 15) is 8.42 Å². The molecule has 17 heavy (non-hydrogen) atoms. The molecule has 1 saturated heterocycles. The third-order valence-electron chi connectivity index (χ3n) is 2.71. The van der Waals surface area contributed by atoms with Crippen LogP contribution in [-0.4, -0.2) is 48.1 Å². The number of anilines is 1. The van der Waals surface area contributed by atoms with Gasteiger partial charge in [-0.15, -0.1) is 0 Å². The lowest BCUT2D eigenvalue weighted by atomic mass is 10.4. The molecule has 0 aromatic carbocycles. The first-order valence-corrected chi connectivity index (χ1v) is 7.30. The summed E-state index contributed by atoms with van der Waals surface area (Å²) in [6.07, 6.45) is 3.72. The summed E-state index contributed by atoms with van der Waals surface area (Å²) in [5, 5.41) is 8.88. The zero-order valence-corrected chi connectivity index (χ0v) is 10.2. The molecule has 0 bridgehead atoms. The van der Waals surface area contributed by atoms with Gasteiger partial charge in [0.1, 0.15) is 0 Å². The van der Waals surface area contributed by atoms with Crippen LogP contribution in [0.2, 0.25) is 0 Å². The molecule has 0 aliphatic carbocycles. The van der Waals surface area contributed by atoms with Crippen LogP contribution in [0.3, 0.4) is 0 Å². The first-order valence-electron chi connectivity index (χ1n) is 5.48. The first kappa shape index (κ1) is 12.3. The largest absolute Gasteiger partial charge is 0.392 e. The van der Waals surface area contributed by atoms with Crippen molar-refractivity contribution in [1.82, 2.24) is 9.97 Å². The summed E-state index contributed by atoms with van der Waals surface area (Å²) < 4.78 is 22.9. The van der Waals surface area contributed by atoms with Gasteiger partial charge in [0.2, 0.25) is 5.95 Å². The van der Waals surface area contributed by atoms with E-state index in [0.717, 1.165) is 0 Å². The van der Waals surface area contributed by atoms with Gasteiger partial charge in [-0.1, -0.05) is 0 Å². The van der Waals surface area contributed by atoms with Crippen LogP contribution in [0.25, 0.3) is 0 Å². The van der Waals surface area contributed by atoms with Gasteiger partial charge in [0.25, 0.3) is 0 Å². The van der Waals surface area contributed by atoms with Crippen LogP contribution in [0, 0.1) is 0 Å². The van der Waals surface area contributed by atoms with Crippen molar-refractivity contribution in [2.24, 2.45) is 0 Å². The maximum absolute atomic E-state index is 11.4. The standard InChI is InChI=1S/C10H15N3O3S/c14-8-9-6-11-10(12-7-9)13-2-1-4-17(15,16)5-3-13/h6-7,14H,1-5,8H2. The summed E-state index contributed by atoms with van der Waals surface area (Å²) in [7, 11) is -2.91. The van der Waals surface area contributed by atoms with Gasteiger partial charge in [0.05, 0.1) is 18.1 Å². The van der Waals surface area contributed by atoms with Gasteiger partial charge in [0.15, 0.2) is 9.84 Å². The van der Waals surface area contributed by atoms with Gasteiger partial charge in [-0.2, -0.15) is 0 Å². The average molecular weight is 257 g/mol. The molecule has 0 unspecified atom stereocenters. The summed E-state index contributed by atoms with van der Waals surface area (Å²) in [5.41, 5.74) is 0.649. The number of rotatable bonds is 2. The molecule has 0 amide bonds. The number of sulfone groups is 1. The van der Waals surface area contributed by atoms with Gasteiger partial charge >= 0.3 is 0 Å². The number of hydrogen-bond donors (Lipinski definition) is 1. The van der Waals surface area contributed by atoms with Gasteiger partial charge in [-0.05, 0) is 6.42 Å². The average Bonchev–Trinajstić information content (AvgIpc) is 2.50.